The van der Waals surface area contributed by atoms with Crippen LogP contribution in [0.4, 0.5) is 0 Å². The molecule has 0 unspecified atom stereocenters. The SMILES string of the molecule is Cc1ccc(C(=O)Oc2ccc(C(=O)COC(=O)[C@H](Cc3ccccc3)N3C(=O)[C@@H]4[C@H]5C[C@@H]([C@H](Br)[C@H]5Br)[C@H]4C3=O)cc2)cc1. The van der Waals surface area contributed by atoms with Crippen LogP contribution in [0.2, 0.25) is 0 Å². The average Bonchev–Trinajstić information content (AvgIpc) is 3.64. The summed E-state index contributed by atoms with van der Waals surface area (Å²) in [6.07, 6.45) is 0.857. The third-order valence-corrected chi connectivity index (χ3v) is 12.1. The molecule has 7 atom stereocenters. The number of likely N-dealkylation sites (tertiary alicyclic amines) is 1. The number of ketones is 1. The standard InChI is InChI=1S/C34H29Br2NO7/c1-18-7-9-21(10-8-18)33(41)44-22-13-11-20(12-14-22)26(38)17-43-34(42)25(15-19-5-3-2-4-6-19)37-31(39)27-23-16-24(28(27)32(37)40)30(36)29(23)35/h2-14,23-25,27-30H,15-17H2,1H3/t23-,24-,25+,27-,28-,29+,30+/m1/s1. The van der Waals surface area contributed by atoms with E-state index in [1.807, 2.05) is 49.4 Å². The fourth-order valence-corrected chi connectivity index (χ4v) is 8.55. The third kappa shape index (κ3) is 5.65. The van der Waals surface area contributed by atoms with E-state index in [-0.39, 0.29) is 51.0 Å². The Morgan fingerprint density at radius 2 is 1.39 bits per heavy atom. The molecule has 2 aliphatic carbocycles. The summed E-state index contributed by atoms with van der Waals surface area (Å²) < 4.78 is 10.9. The molecule has 3 aliphatic rings. The van der Waals surface area contributed by atoms with Crippen molar-refractivity contribution >= 4 is 61.4 Å². The summed E-state index contributed by atoms with van der Waals surface area (Å²) in [5.41, 5.74) is 2.43. The fourth-order valence-electron chi connectivity index (χ4n) is 6.68. The molecule has 8 nitrogen and oxygen atoms in total. The van der Waals surface area contributed by atoms with Crippen LogP contribution in [-0.4, -0.2) is 56.7 Å². The van der Waals surface area contributed by atoms with Crippen LogP contribution in [-0.2, 0) is 25.5 Å². The number of carbonyl (C=O) groups excluding carboxylic acids is 5. The van der Waals surface area contributed by atoms with E-state index in [2.05, 4.69) is 31.9 Å². The first-order valence-corrected chi connectivity index (χ1v) is 16.2. The van der Waals surface area contributed by atoms with Gasteiger partial charge in [-0.2, -0.15) is 0 Å². The lowest BCUT2D eigenvalue weighted by molar-refractivity contribution is -0.158. The van der Waals surface area contributed by atoms with Crippen LogP contribution in [0.1, 0.15) is 38.3 Å². The predicted octanol–water partition coefficient (Wildman–Crippen LogP) is 5.33. The quantitative estimate of drug-likeness (QED) is 0.0967. The third-order valence-electron chi connectivity index (χ3n) is 8.90. The van der Waals surface area contributed by atoms with Crippen molar-refractivity contribution in [1.82, 2.24) is 4.90 Å². The first-order valence-electron chi connectivity index (χ1n) is 14.4. The van der Waals surface area contributed by atoms with Crippen LogP contribution in [0, 0.1) is 30.6 Å². The minimum Gasteiger partial charge on any atom is -0.456 e. The molecule has 0 N–H and O–H groups in total. The van der Waals surface area contributed by atoms with Crippen molar-refractivity contribution in [1.29, 1.82) is 0 Å². The molecule has 1 aliphatic heterocycles. The number of imide groups is 1. The van der Waals surface area contributed by atoms with Gasteiger partial charge in [-0.1, -0.05) is 79.9 Å². The van der Waals surface area contributed by atoms with Crippen molar-refractivity contribution in [3.05, 3.63) is 101 Å². The molecule has 1 heterocycles. The van der Waals surface area contributed by atoms with Crippen molar-refractivity contribution < 1.29 is 33.4 Å². The molecule has 44 heavy (non-hydrogen) atoms. The number of benzene rings is 3. The van der Waals surface area contributed by atoms with Crippen LogP contribution >= 0.6 is 31.9 Å². The zero-order valence-corrected chi connectivity index (χ0v) is 26.9. The Kier molecular flexibility index (Phi) is 8.57. The number of carbonyl (C=O) groups is 5. The highest BCUT2D eigenvalue weighted by Gasteiger charge is 2.67. The number of amides is 2. The second-order valence-corrected chi connectivity index (χ2v) is 13.7. The Labute approximate surface area is 271 Å². The lowest BCUT2D eigenvalue weighted by Gasteiger charge is -2.28. The van der Waals surface area contributed by atoms with Crippen LogP contribution in [0.3, 0.4) is 0 Å². The van der Waals surface area contributed by atoms with Gasteiger partial charge in [0.2, 0.25) is 11.8 Å². The molecule has 2 bridgehead atoms. The summed E-state index contributed by atoms with van der Waals surface area (Å²) in [6, 6.07) is 20.8. The van der Waals surface area contributed by atoms with Crippen molar-refractivity contribution in [2.75, 3.05) is 6.61 Å². The largest absolute Gasteiger partial charge is 0.456 e. The first-order chi connectivity index (χ1) is 21.1. The molecule has 3 aromatic carbocycles. The second-order valence-electron chi connectivity index (χ2n) is 11.6. The molecule has 0 radical (unpaired) electrons. The summed E-state index contributed by atoms with van der Waals surface area (Å²) in [5.74, 6) is -3.20. The van der Waals surface area contributed by atoms with E-state index in [4.69, 9.17) is 9.47 Å². The van der Waals surface area contributed by atoms with Gasteiger partial charge in [0.05, 0.1) is 17.4 Å². The summed E-state index contributed by atoms with van der Waals surface area (Å²) in [4.78, 5) is 67.5. The minimum absolute atomic E-state index is 0.00457. The van der Waals surface area contributed by atoms with E-state index in [9.17, 15) is 24.0 Å². The number of alkyl halides is 2. The lowest BCUT2D eigenvalue weighted by Crippen LogP contribution is -2.48. The summed E-state index contributed by atoms with van der Waals surface area (Å²) in [5, 5.41) is 0. The number of rotatable bonds is 9. The zero-order valence-electron chi connectivity index (χ0n) is 23.7. The van der Waals surface area contributed by atoms with E-state index >= 15 is 0 Å². The maximum atomic E-state index is 13.7. The number of fused-ring (bicyclic) bond motifs is 5. The zero-order chi connectivity index (χ0) is 31.1. The second kappa shape index (κ2) is 12.4. The average molecular weight is 723 g/mol. The molecular weight excluding hydrogens is 694 g/mol. The van der Waals surface area contributed by atoms with Gasteiger partial charge in [-0.15, -0.1) is 0 Å². The van der Waals surface area contributed by atoms with E-state index in [0.29, 0.717) is 5.56 Å². The molecule has 6 rings (SSSR count). The molecule has 226 valence electrons. The highest BCUT2D eigenvalue weighted by atomic mass is 79.9. The van der Waals surface area contributed by atoms with Crippen molar-refractivity contribution in [2.45, 2.75) is 35.5 Å². The molecule has 3 aromatic rings. The normalized spacial score (nSPS) is 25.9. The van der Waals surface area contributed by atoms with Gasteiger partial charge in [0, 0.05) is 21.6 Å². The molecule has 1 saturated heterocycles. The number of esters is 2. The molecule has 0 aromatic heterocycles. The van der Waals surface area contributed by atoms with Crippen LogP contribution in [0.15, 0.2) is 78.9 Å². The van der Waals surface area contributed by atoms with E-state index < -0.39 is 42.2 Å². The molecule has 0 spiro atoms. The molecule has 3 fully saturated rings. The number of nitrogens with zero attached hydrogens (tertiary/aromatic N) is 1. The van der Waals surface area contributed by atoms with Crippen LogP contribution in [0.25, 0.3) is 0 Å². The van der Waals surface area contributed by atoms with Crippen molar-refractivity contribution in [3.8, 4) is 5.75 Å². The summed E-state index contributed by atoms with van der Waals surface area (Å²) in [6.45, 7) is 1.34. The molecule has 10 heteroatoms. The first kappa shape index (κ1) is 30.4. The Morgan fingerprint density at radius 3 is 1.98 bits per heavy atom. The highest BCUT2D eigenvalue weighted by molar-refractivity contribution is 9.12. The van der Waals surface area contributed by atoms with Gasteiger partial charge in [0.25, 0.3) is 0 Å². The van der Waals surface area contributed by atoms with Crippen LogP contribution < -0.4 is 4.74 Å². The lowest BCUT2D eigenvalue weighted by atomic mass is 9.81. The van der Waals surface area contributed by atoms with Crippen molar-refractivity contribution in [2.24, 2.45) is 23.7 Å². The van der Waals surface area contributed by atoms with Gasteiger partial charge in [-0.25, -0.2) is 9.59 Å². The number of aryl methyl sites for hydroxylation is 1. The van der Waals surface area contributed by atoms with Gasteiger partial charge in [-0.05, 0) is 67.1 Å². The van der Waals surface area contributed by atoms with Gasteiger partial charge >= 0.3 is 11.9 Å². The number of hydrogen-bond donors (Lipinski definition) is 0. The smallest absolute Gasteiger partial charge is 0.343 e. The fraction of sp³-hybridized carbons (Fsp3) is 0.324. The van der Waals surface area contributed by atoms with Crippen molar-refractivity contribution in [3.63, 3.8) is 0 Å². The monoisotopic (exact) mass is 721 g/mol. The van der Waals surface area contributed by atoms with Crippen LogP contribution in [0.5, 0.6) is 5.75 Å². The number of Topliss-reactive ketones (excluding diaryl/α,β-unsaturated/α-hetero) is 1. The van der Waals surface area contributed by atoms with E-state index in [0.717, 1.165) is 22.4 Å². The van der Waals surface area contributed by atoms with Gasteiger partial charge in [-0.3, -0.25) is 19.3 Å². The molecule has 2 saturated carbocycles. The molecule has 2 amide bonds. The van der Waals surface area contributed by atoms with Gasteiger partial charge < -0.3 is 9.47 Å². The van der Waals surface area contributed by atoms with Gasteiger partial charge in [0.1, 0.15) is 11.8 Å². The molecular formula is C34H29Br2NO7. The number of halogens is 2. The van der Waals surface area contributed by atoms with E-state index in [1.165, 1.54) is 24.3 Å². The Balaban J connectivity index is 1.13. The maximum absolute atomic E-state index is 13.7. The topological polar surface area (TPSA) is 107 Å². The number of hydrogen-bond acceptors (Lipinski definition) is 7. The minimum atomic E-state index is -1.19. The maximum Gasteiger partial charge on any atom is 0.343 e. The summed E-state index contributed by atoms with van der Waals surface area (Å²) >= 11 is 7.39. The predicted molar refractivity (Wildman–Crippen MR) is 168 cm³/mol. The Bertz CT molecular complexity index is 1580. The van der Waals surface area contributed by atoms with E-state index in [1.54, 1.807) is 12.1 Å². The Morgan fingerprint density at radius 1 is 0.818 bits per heavy atom. The highest BCUT2D eigenvalue weighted by Crippen LogP contribution is 2.60. The number of ether oxygens (including phenoxy) is 2. The van der Waals surface area contributed by atoms with Gasteiger partial charge in [0.15, 0.2) is 12.4 Å². The summed E-state index contributed by atoms with van der Waals surface area (Å²) in [7, 11) is 0. The Hall–Kier alpha value is -3.63.